The van der Waals surface area contributed by atoms with Gasteiger partial charge in [0.05, 0.1) is 5.70 Å². The molecule has 0 fully saturated rings. The zero-order valence-electron chi connectivity index (χ0n) is 8.60. The summed E-state index contributed by atoms with van der Waals surface area (Å²) in [6.45, 7) is 4.37. The predicted octanol–water partition coefficient (Wildman–Crippen LogP) is 3.06. The van der Waals surface area contributed by atoms with E-state index in [-0.39, 0.29) is 0 Å². The number of rotatable bonds is 4. The van der Waals surface area contributed by atoms with Gasteiger partial charge in [0.25, 0.3) is 0 Å². The van der Waals surface area contributed by atoms with E-state index < -0.39 is 0 Å². The lowest BCUT2D eigenvalue weighted by Crippen LogP contribution is -1.99. The second-order valence-electron chi connectivity index (χ2n) is 2.77. The highest BCUT2D eigenvalue weighted by atomic mass is 16.5. The summed E-state index contributed by atoms with van der Waals surface area (Å²) in [5.41, 5.74) is 0.941. The Morgan fingerprint density at radius 3 is 2.57 bits per heavy atom. The lowest BCUT2D eigenvalue weighted by Gasteiger charge is -2.05. The van der Waals surface area contributed by atoms with Crippen molar-refractivity contribution in [2.24, 2.45) is 4.99 Å². The normalized spacial score (nSPS) is 12.0. The topological polar surface area (TPSA) is 21.6 Å². The van der Waals surface area contributed by atoms with E-state index in [1.54, 1.807) is 6.21 Å². The highest BCUT2D eigenvalue weighted by Crippen LogP contribution is 2.09. The number of ether oxygens (including phenoxy) is 1. The largest absolute Gasteiger partial charge is 0.487 e. The maximum absolute atomic E-state index is 5.53. The summed E-state index contributed by atoms with van der Waals surface area (Å²) in [7, 11) is 0. The highest BCUT2D eigenvalue weighted by Gasteiger charge is 1.94. The maximum atomic E-state index is 5.53. The Morgan fingerprint density at radius 2 is 2.00 bits per heavy atom. The van der Waals surface area contributed by atoms with Gasteiger partial charge in [0.1, 0.15) is 12.4 Å². The lowest BCUT2D eigenvalue weighted by molar-refractivity contribution is 0.350. The molecule has 0 saturated heterocycles. The Bertz CT molecular complexity index is 314. The van der Waals surface area contributed by atoms with Crippen molar-refractivity contribution in [3.63, 3.8) is 0 Å². The number of para-hydroxylation sites is 1. The second-order valence-corrected chi connectivity index (χ2v) is 2.77. The fourth-order valence-corrected chi connectivity index (χ4v) is 1.03. The number of nitrogens with zero attached hydrogens (tertiary/aromatic N) is 1. The summed E-state index contributed by atoms with van der Waals surface area (Å²) < 4.78 is 5.53. The SMILES string of the molecule is CC=N/C(=C\C)COc1ccccc1. The fourth-order valence-electron chi connectivity index (χ4n) is 1.03. The van der Waals surface area contributed by atoms with Crippen LogP contribution in [0.3, 0.4) is 0 Å². The van der Waals surface area contributed by atoms with Gasteiger partial charge in [0.2, 0.25) is 0 Å². The number of benzene rings is 1. The Labute approximate surface area is 84.9 Å². The average Bonchev–Trinajstić information content (AvgIpc) is 2.25. The van der Waals surface area contributed by atoms with Gasteiger partial charge in [-0.25, -0.2) is 0 Å². The van der Waals surface area contributed by atoms with E-state index in [2.05, 4.69) is 4.99 Å². The molecule has 2 nitrogen and oxygen atoms in total. The summed E-state index contributed by atoms with van der Waals surface area (Å²) in [5.74, 6) is 0.873. The fraction of sp³-hybridized carbons (Fsp3) is 0.250. The molecule has 0 bridgehead atoms. The monoisotopic (exact) mass is 189 g/mol. The molecular weight excluding hydrogens is 174 g/mol. The molecule has 0 aliphatic rings. The van der Waals surface area contributed by atoms with E-state index in [0.717, 1.165) is 11.4 Å². The molecule has 0 saturated carbocycles. The zero-order chi connectivity index (χ0) is 10.2. The van der Waals surface area contributed by atoms with Crippen molar-refractivity contribution in [3.05, 3.63) is 42.1 Å². The third-order valence-corrected chi connectivity index (χ3v) is 1.76. The minimum Gasteiger partial charge on any atom is -0.487 e. The first-order chi connectivity index (χ1) is 6.86. The molecule has 74 valence electrons. The molecule has 0 aromatic heterocycles. The van der Waals surface area contributed by atoms with Crippen LogP contribution in [0.4, 0.5) is 0 Å². The number of allylic oxidation sites excluding steroid dienone is 1. The van der Waals surface area contributed by atoms with Gasteiger partial charge < -0.3 is 4.74 Å². The van der Waals surface area contributed by atoms with E-state index in [9.17, 15) is 0 Å². The minimum atomic E-state index is 0.519. The van der Waals surface area contributed by atoms with Crippen molar-refractivity contribution < 1.29 is 4.74 Å². The quantitative estimate of drug-likeness (QED) is 0.667. The molecule has 0 N–H and O–H groups in total. The van der Waals surface area contributed by atoms with Gasteiger partial charge in [-0.2, -0.15) is 0 Å². The van der Waals surface area contributed by atoms with E-state index in [0.29, 0.717) is 6.61 Å². The first-order valence-corrected chi connectivity index (χ1v) is 4.68. The lowest BCUT2D eigenvalue weighted by atomic mass is 10.3. The van der Waals surface area contributed by atoms with E-state index in [1.165, 1.54) is 0 Å². The summed E-state index contributed by atoms with van der Waals surface area (Å²) in [6, 6.07) is 9.74. The van der Waals surface area contributed by atoms with Crippen LogP contribution in [-0.4, -0.2) is 12.8 Å². The first-order valence-electron chi connectivity index (χ1n) is 4.68. The van der Waals surface area contributed by atoms with Crippen LogP contribution >= 0.6 is 0 Å². The van der Waals surface area contributed by atoms with Gasteiger partial charge in [-0.1, -0.05) is 24.3 Å². The molecule has 0 spiro atoms. The average molecular weight is 189 g/mol. The molecule has 0 aliphatic carbocycles. The highest BCUT2D eigenvalue weighted by molar-refractivity contribution is 5.55. The summed E-state index contributed by atoms with van der Waals surface area (Å²) in [6.07, 6.45) is 3.71. The van der Waals surface area contributed by atoms with E-state index in [4.69, 9.17) is 4.74 Å². The Balaban J connectivity index is 2.48. The van der Waals surface area contributed by atoms with Crippen LogP contribution in [0.25, 0.3) is 0 Å². The van der Waals surface area contributed by atoms with Crippen molar-refractivity contribution in [1.29, 1.82) is 0 Å². The smallest absolute Gasteiger partial charge is 0.130 e. The molecule has 0 amide bonds. The van der Waals surface area contributed by atoms with Crippen molar-refractivity contribution >= 4 is 6.21 Å². The van der Waals surface area contributed by atoms with Crippen LogP contribution in [0.15, 0.2) is 47.1 Å². The molecule has 1 aromatic carbocycles. The predicted molar refractivity (Wildman–Crippen MR) is 59.9 cm³/mol. The molecule has 0 heterocycles. The van der Waals surface area contributed by atoms with Crippen molar-refractivity contribution in [2.75, 3.05) is 6.61 Å². The Kier molecular flexibility index (Phi) is 4.48. The van der Waals surface area contributed by atoms with Crippen LogP contribution in [-0.2, 0) is 0 Å². The molecule has 1 rings (SSSR count). The van der Waals surface area contributed by atoms with Crippen LogP contribution < -0.4 is 4.74 Å². The van der Waals surface area contributed by atoms with Gasteiger partial charge in [-0.05, 0) is 26.0 Å². The van der Waals surface area contributed by atoms with Crippen LogP contribution in [0.2, 0.25) is 0 Å². The van der Waals surface area contributed by atoms with Crippen molar-refractivity contribution in [2.45, 2.75) is 13.8 Å². The summed E-state index contributed by atoms with van der Waals surface area (Å²) >= 11 is 0. The van der Waals surface area contributed by atoms with E-state index >= 15 is 0 Å². The van der Waals surface area contributed by atoms with Crippen LogP contribution in [0.1, 0.15) is 13.8 Å². The Morgan fingerprint density at radius 1 is 1.29 bits per heavy atom. The number of hydrogen-bond donors (Lipinski definition) is 0. The molecule has 14 heavy (non-hydrogen) atoms. The first kappa shape index (κ1) is 10.5. The van der Waals surface area contributed by atoms with Gasteiger partial charge >= 0.3 is 0 Å². The molecule has 0 radical (unpaired) electrons. The summed E-state index contributed by atoms with van der Waals surface area (Å²) in [5, 5.41) is 0. The standard InChI is InChI=1S/C12H15NO/c1-3-11(13-4-2)10-14-12-8-6-5-7-9-12/h3-9H,10H2,1-2H3/b11-3-,13-4?. The van der Waals surface area contributed by atoms with E-state index in [1.807, 2.05) is 50.3 Å². The molecule has 0 unspecified atom stereocenters. The minimum absolute atomic E-state index is 0.519. The van der Waals surface area contributed by atoms with Crippen LogP contribution in [0.5, 0.6) is 5.75 Å². The Hall–Kier alpha value is -1.57. The van der Waals surface area contributed by atoms with Gasteiger partial charge in [0.15, 0.2) is 0 Å². The molecule has 0 atom stereocenters. The third kappa shape index (κ3) is 3.44. The molecule has 0 aliphatic heterocycles. The molecular formula is C12H15NO. The van der Waals surface area contributed by atoms with Gasteiger partial charge in [-0.15, -0.1) is 0 Å². The maximum Gasteiger partial charge on any atom is 0.130 e. The molecule has 2 heteroatoms. The summed E-state index contributed by atoms with van der Waals surface area (Å²) in [4.78, 5) is 4.17. The third-order valence-electron chi connectivity index (χ3n) is 1.76. The zero-order valence-corrected chi connectivity index (χ0v) is 8.60. The van der Waals surface area contributed by atoms with Gasteiger partial charge in [-0.3, -0.25) is 4.99 Å². The van der Waals surface area contributed by atoms with Crippen molar-refractivity contribution in [3.8, 4) is 5.75 Å². The molecule has 1 aromatic rings. The van der Waals surface area contributed by atoms with Crippen molar-refractivity contribution in [1.82, 2.24) is 0 Å². The second kappa shape index (κ2) is 5.97. The number of hydrogen-bond acceptors (Lipinski definition) is 2. The van der Waals surface area contributed by atoms with Crippen LogP contribution in [0, 0.1) is 0 Å². The number of aliphatic imine (C=N–C) groups is 1. The van der Waals surface area contributed by atoms with Gasteiger partial charge in [0, 0.05) is 6.21 Å².